The Bertz CT molecular complexity index is 303. The van der Waals surface area contributed by atoms with E-state index in [1.165, 1.54) is 6.42 Å². The van der Waals surface area contributed by atoms with Gasteiger partial charge in [-0.25, -0.2) is 9.97 Å². The van der Waals surface area contributed by atoms with Crippen molar-refractivity contribution in [2.45, 2.75) is 39.4 Å². The Kier molecular flexibility index (Phi) is 4.88. The van der Waals surface area contributed by atoms with Crippen LogP contribution in [0.15, 0.2) is 0 Å². The second-order valence-electron chi connectivity index (χ2n) is 3.50. The smallest absolute Gasteiger partial charge is 0.140 e. The maximum atomic E-state index is 5.88. The molecule has 1 aromatic heterocycles. The second-order valence-corrected chi connectivity index (χ2v) is 4.60. The van der Waals surface area contributed by atoms with E-state index in [4.69, 9.17) is 5.73 Å². The zero-order valence-corrected chi connectivity index (χ0v) is 10.5. The number of rotatable bonds is 5. The number of anilines is 1. The molecule has 4 heteroatoms. The minimum absolute atomic E-state index is 0.650. The van der Waals surface area contributed by atoms with Gasteiger partial charge in [0.15, 0.2) is 0 Å². The van der Waals surface area contributed by atoms with Gasteiger partial charge in [0.25, 0.3) is 0 Å². The highest BCUT2D eigenvalue weighted by Crippen LogP contribution is 2.16. The fourth-order valence-electron chi connectivity index (χ4n) is 1.49. The molecule has 0 saturated heterocycles. The third-order valence-electron chi connectivity index (χ3n) is 2.23. The van der Waals surface area contributed by atoms with Crippen LogP contribution in [0.2, 0.25) is 0 Å². The third kappa shape index (κ3) is 3.38. The quantitative estimate of drug-likeness (QED) is 0.782. The fraction of sp³-hybridized carbons (Fsp3) is 0.636. The molecule has 0 spiro atoms. The lowest BCUT2D eigenvalue weighted by Crippen LogP contribution is -2.06. The lowest BCUT2D eigenvalue weighted by Gasteiger charge is -2.08. The topological polar surface area (TPSA) is 51.8 Å². The summed E-state index contributed by atoms with van der Waals surface area (Å²) in [6.07, 6.45) is 2.09. The molecular weight excluding hydrogens is 206 g/mol. The molecule has 15 heavy (non-hydrogen) atoms. The van der Waals surface area contributed by atoms with Crippen LogP contribution in [-0.4, -0.2) is 15.7 Å². The first kappa shape index (κ1) is 12.3. The maximum Gasteiger partial charge on any atom is 0.140 e. The van der Waals surface area contributed by atoms with Crippen LogP contribution in [0.25, 0.3) is 0 Å². The summed E-state index contributed by atoms with van der Waals surface area (Å²) in [5.74, 6) is 3.53. The lowest BCUT2D eigenvalue weighted by atomic mass is 10.2. The van der Waals surface area contributed by atoms with E-state index in [1.807, 2.05) is 18.7 Å². The highest BCUT2D eigenvalue weighted by atomic mass is 32.2. The predicted octanol–water partition coefficient (Wildman–Crippen LogP) is 2.57. The molecule has 1 heterocycles. The molecule has 0 fully saturated rings. The van der Waals surface area contributed by atoms with Gasteiger partial charge in [-0.05, 0) is 25.5 Å². The van der Waals surface area contributed by atoms with Crippen LogP contribution >= 0.6 is 11.8 Å². The Morgan fingerprint density at radius 3 is 2.53 bits per heavy atom. The summed E-state index contributed by atoms with van der Waals surface area (Å²) in [7, 11) is 0. The average molecular weight is 225 g/mol. The van der Waals surface area contributed by atoms with Crippen molar-refractivity contribution in [1.82, 2.24) is 9.97 Å². The van der Waals surface area contributed by atoms with E-state index in [2.05, 4.69) is 23.8 Å². The van der Waals surface area contributed by atoms with Gasteiger partial charge in [0.05, 0.1) is 5.75 Å². The molecule has 0 radical (unpaired) electrons. The van der Waals surface area contributed by atoms with E-state index in [9.17, 15) is 0 Å². The molecular formula is C11H19N3S. The summed E-state index contributed by atoms with van der Waals surface area (Å²) < 4.78 is 0. The molecule has 1 rings (SSSR count). The Balaban J connectivity index is 2.75. The van der Waals surface area contributed by atoms with Gasteiger partial charge >= 0.3 is 0 Å². The van der Waals surface area contributed by atoms with Crippen LogP contribution in [0, 0.1) is 6.92 Å². The van der Waals surface area contributed by atoms with Crippen molar-refractivity contribution in [2.75, 3.05) is 11.5 Å². The summed E-state index contributed by atoms with van der Waals surface area (Å²) in [6.45, 7) is 6.26. The van der Waals surface area contributed by atoms with Gasteiger partial charge < -0.3 is 5.73 Å². The largest absolute Gasteiger partial charge is 0.383 e. The molecule has 0 aromatic carbocycles. The number of nitrogens with two attached hydrogens (primary N) is 1. The first-order chi connectivity index (χ1) is 7.19. The first-order valence-electron chi connectivity index (χ1n) is 5.38. The van der Waals surface area contributed by atoms with Crippen molar-refractivity contribution in [1.29, 1.82) is 0 Å². The van der Waals surface area contributed by atoms with Gasteiger partial charge in [-0.15, -0.1) is 0 Å². The van der Waals surface area contributed by atoms with Crippen LogP contribution in [0.1, 0.15) is 37.4 Å². The molecule has 2 N–H and O–H groups in total. The summed E-state index contributed by atoms with van der Waals surface area (Å²) in [5, 5.41) is 0. The van der Waals surface area contributed by atoms with E-state index >= 15 is 0 Å². The van der Waals surface area contributed by atoms with Crippen LogP contribution in [0.3, 0.4) is 0 Å². The molecule has 0 aliphatic heterocycles. The van der Waals surface area contributed by atoms with Gasteiger partial charge in [-0.3, -0.25) is 0 Å². The maximum absolute atomic E-state index is 5.88. The number of aryl methyl sites for hydroxylation is 1. The van der Waals surface area contributed by atoms with Crippen molar-refractivity contribution in [3.05, 3.63) is 17.1 Å². The second kappa shape index (κ2) is 5.95. The van der Waals surface area contributed by atoms with Crippen LogP contribution in [0.4, 0.5) is 5.82 Å². The van der Waals surface area contributed by atoms with Crippen molar-refractivity contribution < 1.29 is 0 Å². The van der Waals surface area contributed by atoms with Crippen molar-refractivity contribution in [3.63, 3.8) is 0 Å². The number of aromatic nitrogens is 2. The zero-order valence-electron chi connectivity index (χ0n) is 9.71. The highest BCUT2D eigenvalue weighted by molar-refractivity contribution is 7.98. The molecule has 0 amide bonds. The third-order valence-corrected chi connectivity index (χ3v) is 3.38. The van der Waals surface area contributed by atoms with E-state index in [-0.39, 0.29) is 0 Å². The minimum Gasteiger partial charge on any atom is -0.383 e. The van der Waals surface area contributed by atoms with Crippen molar-refractivity contribution in [3.8, 4) is 0 Å². The standard InChI is InChI=1S/C11H19N3S/c1-4-6-15-7-10-13-8(3)9(5-2)11(12)14-10/h4-7H2,1-3H3,(H2,12,13,14). The fourth-order valence-corrected chi connectivity index (χ4v) is 2.23. The Labute approximate surface area is 95.9 Å². The monoisotopic (exact) mass is 225 g/mol. The number of thioether (sulfide) groups is 1. The summed E-state index contributed by atoms with van der Waals surface area (Å²) in [4.78, 5) is 8.79. The number of hydrogen-bond donors (Lipinski definition) is 1. The summed E-state index contributed by atoms with van der Waals surface area (Å²) >= 11 is 1.86. The lowest BCUT2D eigenvalue weighted by molar-refractivity contribution is 0.946. The van der Waals surface area contributed by atoms with Crippen molar-refractivity contribution in [2.24, 2.45) is 0 Å². The van der Waals surface area contributed by atoms with E-state index in [0.717, 1.165) is 35.0 Å². The number of nitrogens with zero attached hydrogens (tertiary/aromatic N) is 2. The van der Waals surface area contributed by atoms with Crippen molar-refractivity contribution >= 4 is 17.6 Å². The predicted molar refractivity (Wildman–Crippen MR) is 67.0 cm³/mol. The van der Waals surface area contributed by atoms with Crippen LogP contribution < -0.4 is 5.73 Å². The van der Waals surface area contributed by atoms with E-state index < -0.39 is 0 Å². The van der Waals surface area contributed by atoms with Gasteiger partial charge in [-0.2, -0.15) is 11.8 Å². The van der Waals surface area contributed by atoms with Crippen LogP contribution in [-0.2, 0) is 12.2 Å². The Hall–Kier alpha value is -0.770. The van der Waals surface area contributed by atoms with Gasteiger partial charge in [0.1, 0.15) is 11.6 Å². The Morgan fingerprint density at radius 1 is 1.27 bits per heavy atom. The normalized spacial score (nSPS) is 10.6. The molecule has 3 nitrogen and oxygen atoms in total. The van der Waals surface area contributed by atoms with Gasteiger partial charge in [-0.1, -0.05) is 13.8 Å². The molecule has 1 aromatic rings. The van der Waals surface area contributed by atoms with Crippen LogP contribution in [0.5, 0.6) is 0 Å². The average Bonchev–Trinajstić information content (AvgIpc) is 2.18. The number of hydrogen-bond acceptors (Lipinski definition) is 4. The summed E-state index contributed by atoms with van der Waals surface area (Å²) in [5.41, 5.74) is 7.98. The molecule has 84 valence electrons. The summed E-state index contributed by atoms with van der Waals surface area (Å²) in [6, 6.07) is 0. The number of nitrogen functional groups attached to an aromatic ring is 1. The molecule has 0 aliphatic rings. The van der Waals surface area contributed by atoms with Gasteiger partial charge in [0.2, 0.25) is 0 Å². The molecule has 0 unspecified atom stereocenters. The SMILES string of the molecule is CCCSCc1nc(C)c(CC)c(N)n1. The van der Waals surface area contributed by atoms with Gasteiger partial charge in [0, 0.05) is 11.3 Å². The van der Waals surface area contributed by atoms with E-state index in [0.29, 0.717) is 5.82 Å². The Morgan fingerprint density at radius 2 is 2.00 bits per heavy atom. The highest BCUT2D eigenvalue weighted by Gasteiger charge is 2.06. The molecule has 0 aliphatic carbocycles. The molecule has 0 atom stereocenters. The van der Waals surface area contributed by atoms with E-state index in [1.54, 1.807) is 0 Å². The minimum atomic E-state index is 0.650. The zero-order chi connectivity index (χ0) is 11.3. The first-order valence-corrected chi connectivity index (χ1v) is 6.54. The molecule has 0 bridgehead atoms. The molecule has 0 saturated carbocycles.